The number of aliphatic imine (C=N–C) groups is 1. The van der Waals surface area contributed by atoms with Crippen molar-refractivity contribution in [3.63, 3.8) is 0 Å². The molecule has 1 aromatic rings. The van der Waals surface area contributed by atoms with Crippen LogP contribution in [0.1, 0.15) is 24.4 Å². The van der Waals surface area contributed by atoms with Crippen molar-refractivity contribution < 1.29 is 9.90 Å². The van der Waals surface area contributed by atoms with E-state index in [4.69, 9.17) is 10.8 Å². The van der Waals surface area contributed by atoms with Crippen molar-refractivity contribution in [1.82, 2.24) is 0 Å². The van der Waals surface area contributed by atoms with Gasteiger partial charge in [0.1, 0.15) is 0 Å². The van der Waals surface area contributed by atoms with Gasteiger partial charge in [-0.1, -0.05) is 12.1 Å². The molecule has 0 spiro atoms. The first kappa shape index (κ1) is 12.6. The van der Waals surface area contributed by atoms with Gasteiger partial charge in [0.2, 0.25) is 0 Å². The molecular weight excluding hydrogens is 230 g/mol. The van der Waals surface area contributed by atoms with Crippen LogP contribution in [0.25, 0.3) is 0 Å². The van der Waals surface area contributed by atoms with Gasteiger partial charge in [0.05, 0.1) is 12.9 Å². The Bertz CT molecular complexity index is 442. The molecule has 2 rings (SSSR count). The Morgan fingerprint density at radius 2 is 2.17 bits per heavy atom. The molecule has 5 heteroatoms. The third-order valence-electron chi connectivity index (χ3n) is 3.01. The third kappa shape index (κ3) is 3.07. The van der Waals surface area contributed by atoms with Crippen molar-refractivity contribution in [2.24, 2.45) is 10.7 Å². The van der Waals surface area contributed by atoms with E-state index in [9.17, 15) is 4.79 Å². The van der Waals surface area contributed by atoms with E-state index in [1.165, 1.54) is 0 Å². The smallest absolute Gasteiger partial charge is 0.303 e. The lowest BCUT2D eigenvalue weighted by molar-refractivity contribution is -0.137. The lowest BCUT2D eigenvalue weighted by Crippen LogP contribution is -2.18. The second-order valence-electron chi connectivity index (χ2n) is 4.35. The van der Waals surface area contributed by atoms with Crippen LogP contribution in [0.2, 0.25) is 0 Å². The lowest BCUT2D eigenvalue weighted by Gasteiger charge is -2.16. The summed E-state index contributed by atoms with van der Waals surface area (Å²) >= 11 is 0. The molecule has 0 bridgehead atoms. The average Bonchev–Trinajstić information content (AvgIpc) is 2.90. The van der Waals surface area contributed by atoms with Crippen LogP contribution in [0.3, 0.4) is 0 Å². The van der Waals surface area contributed by atoms with Gasteiger partial charge in [0, 0.05) is 24.7 Å². The second kappa shape index (κ2) is 5.64. The molecule has 0 saturated carbocycles. The first-order valence-corrected chi connectivity index (χ1v) is 6.01. The highest BCUT2D eigenvalue weighted by atomic mass is 16.4. The molecule has 5 nitrogen and oxygen atoms in total. The Kier molecular flexibility index (Phi) is 3.94. The third-order valence-corrected chi connectivity index (χ3v) is 3.01. The highest BCUT2D eigenvalue weighted by molar-refractivity contribution is 5.80. The van der Waals surface area contributed by atoms with Gasteiger partial charge in [-0.3, -0.25) is 9.79 Å². The van der Waals surface area contributed by atoms with Gasteiger partial charge in [0.25, 0.3) is 0 Å². The number of benzene rings is 1. The molecule has 1 aliphatic rings. The monoisotopic (exact) mass is 247 g/mol. The van der Waals surface area contributed by atoms with Gasteiger partial charge in [-0.15, -0.1) is 0 Å². The summed E-state index contributed by atoms with van der Waals surface area (Å²) in [5.41, 5.74) is 8.00. The van der Waals surface area contributed by atoms with E-state index in [0.29, 0.717) is 6.42 Å². The first-order chi connectivity index (χ1) is 8.66. The molecular formula is C13H17N3O2. The number of hydrogen-bond donors (Lipinski definition) is 2. The number of carboxylic acid groups (broad SMARTS) is 1. The maximum Gasteiger partial charge on any atom is 0.303 e. The normalized spacial score (nSPS) is 15.9. The molecule has 0 saturated heterocycles. The molecule has 1 atom stereocenters. The summed E-state index contributed by atoms with van der Waals surface area (Å²) in [5, 5.41) is 8.62. The summed E-state index contributed by atoms with van der Waals surface area (Å²) in [5.74, 6) is -0.810. The van der Waals surface area contributed by atoms with Crippen molar-refractivity contribution in [2.75, 3.05) is 18.0 Å². The van der Waals surface area contributed by atoms with Crippen LogP contribution < -0.4 is 10.6 Å². The van der Waals surface area contributed by atoms with E-state index < -0.39 is 5.97 Å². The number of carboxylic acids is 1. The second-order valence-corrected chi connectivity index (χ2v) is 4.35. The first-order valence-electron chi connectivity index (χ1n) is 6.01. The summed E-state index contributed by atoms with van der Waals surface area (Å²) in [6.07, 6.45) is 2.39. The summed E-state index contributed by atoms with van der Waals surface area (Å²) in [7, 11) is 0. The predicted molar refractivity (Wildman–Crippen MR) is 70.9 cm³/mol. The number of hydrogen-bond acceptors (Lipinski definition) is 4. The Morgan fingerprint density at radius 1 is 1.44 bits per heavy atom. The molecule has 1 heterocycles. The Morgan fingerprint density at radius 3 is 2.72 bits per heavy atom. The molecule has 0 radical (unpaired) electrons. The van der Waals surface area contributed by atoms with Crippen molar-refractivity contribution >= 4 is 18.0 Å². The predicted octanol–water partition coefficient (Wildman–Crippen LogP) is 1.40. The topological polar surface area (TPSA) is 78.9 Å². The fraction of sp³-hybridized carbons (Fsp3) is 0.385. The van der Waals surface area contributed by atoms with Crippen molar-refractivity contribution in [3.05, 3.63) is 29.8 Å². The zero-order valence-electron chi connectivity index (χ0n) is 10.1. The standard InChI is InChI=1S/C13H17N3O2/c14-12(5-6-13(17)18)10-1-3-11(4-2-10)16-8-7-15-9-16/h1-4,9,12H,5-8,14H2,(H,17,18). The van der Waals surface area contributed by atoms with Gasteiger partial charge < -0.3 is 15.7 Å². The summed E-state index contributed by atoms with van der Waals surface area (Å²) in [6.45, 7) is 1.74. The molecule has 96 valence electrons. The van der Waals surface area contributed by atoms with E-state index in [2.05, 4.69) is 9.89 Å². The van der Waals surface area contributed by atoms with Crippen LogP contribution >= 0.6 is 0 Å². The highest BCUT2D eigenvalue weighted by Gasteiger charge is 2.11. The SMILES string of the molecule is NC(CCC(=O)O)c1ccc(N2C=NCC2)cc1. The van der Waals surface area contributed by atoms with Crippen molar-refractivity contribution in [3.8, 4) is 0 Å². The van der Waals surface area contributed by atoms with Crippen LogP contribution in [-0.4, -0.2) is 30.5 Å². The van der Waals surface area contributed by atoms with Crippen LogP contribution in [-0.2, 0) is 4.79 Å². The number of anilines is 1. The van der Waals surface area contributed by atoms with Gasteiger partial charge in [0.15, 0.2) is 0 Å². The Balaban J connectivity index is 1.98. The zero-order chi connectivity index (χ0) is 13.0. The molecule has 1 aromatic carbocycles. The van der Waals surface area contributed by atoms with Crippen molar-refractivity contribution in [2.45, 2.75) is 18.9 Å². The summed E-state index contributed by atoms with van der Waals surface area (Å²) < 4.78 is 0. The Labute approximate surface area is 106 Å². The van der Waals surface area contributed by atoms with E-state index in [1.54, 1.807) is 0 Å². The lowest BCUT2D eigenvalue weighted by atomic mass is 10.0. The molecule has 18 heavy (non-hydrogen) atoms. The fourth-order valence-electron chi connectivity index (χ4n) is 1.93. The number of nitrogens with two attached hydrogens (primary N) is 1. The Hall–Kier alpha value is -1.88. The maximum atomic E-state index is 10.5. The van der Waals surface area contributed by atoms with Crippen LogP contribution in [0.15, 0.2) is 29.3 Å². The van der Waals surface area contributed by atoms with Gasteiger partial charge in [-0.2, -0.15) is 0 Å². The molecule has 0 fully saturated rings. The largest absolute Gasteiger partial charge is 0.481 e. The quantitative estimate of drug-likeness (QED) is 0.824. The van der Waals surface area contributed by atoms with Gasteiger partial charge in [-0.25, -0.2) is 0 Å². The summed E-state index contributed by atoms with van der Waals surface area (Å²) in [6, 6.07) is 7.67. The fourth-order valence-corrected chi connectivity index (χ4v) is 1.93. The van der Waals surface area contributed by atoms with Gasteiger partial charge in [-0.05, 0) is 24.1 Å². The summed E-state index contributed by atoms with van der Waals surface area (Å²) in [4.78, 5) is 16.7. The zero-order valence-corrected chi connectivity index (χ0v) is 10.1. The molecule has 1 aliphatic heterocycles. The minimum Gasteiger partial charge on any atom is -0.481 e. The molecule has 0 aromatic heterocycles. The maximum absolute atomic E-state index is 10.5. The molecule has 0 aliphatic carbocycles. The number of rotatable bonds is 5. The number of carbonyl (C=O) groups is 1. The number of aliphatic carboxylic acids is 1. The van der Waals surface area contributed by atoms with E-state index in [-0.39, 0.29) is 12.5 Å². The minimum absolute atomic E-state index is 0.0989. The molecule has 0 amide bonds. The number of nitrogens with zero attached hydrogens (tertiary/aromatic N) is 2. The van der Waals surface area contributed by atoms with E-state index >= 15 is 0 Å². The highest BCUT2D eigenvalue weighted by Crippen LogP contribution is 2.21. The molecule has 1 unspecified atom stereocenters. The van der Waals surface area contributed by atoms with E-state index in [0.717, 1.165) is 24.3 Å². The van der Waals surface area contributed by atoms with E-state index in [1.807, 2.05) is 30.6 Å². The minimum atomic E-state index is -0.810. The average molecular weight is 247 g/mol. The van der Waals surface area contributed by atoms with Crippen LogP contribution in [0.4, 0.5) is 5.69 Å². The van der Waals surface area contributed by atoms with Crippen LogP contribution in [0, 0.1) is 0 Å². The van der Waals surface area contributed by atoms with Crippen molar-refractivity contribution in [1.29, 1.82) is 0 Å². The van der Waals surface area contributed by atoms with Gasteiger partial charge >= 0.3 is 5.97 Å². The van der Waals surface area contributed by atoms with Crippen LogP contribution in [0.5, 0.6) is 0 Å². The molecule has 3 N–H and O–H groups in total.